The van der Waals surface area contributed by atoms with E-state index in [0.717, 1.165) is 0 Å². The Labute approximate surface area is 105 Å². The fraction of sp³-hybridized carbons (Fsp3) is 0.500. The molecule has 0 saturated carbocycles. The average molecular weight is 248 g/mol. The second kappa shape index (κ2) is 4.36. The molecule has 0 aliphatic carbocycles. The van der Waals surface area contributed by atoms with Crippen molar-refractivity contribution in [1.29, 1.82) is 0 Å². The summed E-state index contributed by atoms with van der Waals surface area (Å²) in [5.41, 5.74) is 0.350. The van der Waals surface area contributed by atoms with E-state index < -0.39 is 0 Å². The molecule has 0 amide bonds. The van der Waals surface area contributed by atoms with Crippen LogP contribution in [0, 0.1) is 0 Å². The molecule has 0 aliphatic heterocycles. The number of Topliss-reactive ketones (excluding diaryl/α,β-unsaturated/α-hetero) is 1. The first-order valence-electron chi connectivity index (χ1n) is 5.72. The van der Waals surface area contributed by atoms with Gasteiger partial charge in [-0.05, 0) is 6.07 Å². The zero-order valence-corrected chi connectivity index (χ0v) is 11.0. The van der Waals surface area contributed by atoms with E-state index in [-0.39, 0.29) is 17.6 Å². The number of aromatic nitrogens is 4. The van der Waals surface area contributed by atoms with Gasteiger partial charge in [-0.3, -0.25) is 9.48 Å². The highest BCUT2D eigenvalue weighted by Gasteiger charge is 2.22. The van der Waals surface area contributed by atoms with Gasteiger partial charge in [-0.25, -0.2) is 0 Å². The highest BCUT2D eigenvalue weighted by molar-refractivity contribution is 5.95. The Balaban J connectivity index is 2.13. The van der Waals surface area contributed by atoms with E-state index in [4.69, 9.17) is 4.52 Å². The molecular weight excluding hydrogens is 232 g/mol. The zero-order valence-electron chi connectivity index (χ0n) is 11.0. The molecule has 0 aliphatic rings. The number of ketones is 1. The van der Waals surface area contributed by atoms with Gasteiger partial charge >= 0.3 is 0 Å². The topological polar surface area (TPSA) is 73.8 Å². The predicted molar refractivity (Wildman–Crippen MR) is 64.2 cm³/mol. The van der Waals surface area contributed by atoms with Crippen LogP contribution in [-0.2, 0) is 18.9 Å². The van der Waals surface area contributed by atoms with Gasteiger partial charge in [0.05, 0.1) is 6.42 Å². The number of carbonyl (C=O) groups is 1. The van der Waals surface area contributed by atoms with Crippen molar-refractivity contribution in [3.8, 4) is 0 Å². The fourth-order valence-electron chi connectivity index (χ4n) is 1.51. The molecule has 18 heavy (non-hydrogen) atoms. The lowest BCUT2D eigenvalue weighted by molar-refractivity contribution is 0.0974. The van der Waals surface area contributed by atoms with E-state index >= 15 is 0 Å². The fourth-order valence-corrected chi connectivity index (χ4v) is 1.51. The Morgan fingerprint density at radius 3 is 2.67 bits per heavy atom. The first kappa shape index (κ1) is 12.5. The average Bonchev–Trinajstić information content (AvgIpc) is 2.85. The smallest absolute Gasteiger partial charge is 0.234 e. The van der Waals surface area contributed by atoms with Gasteiger partial charge in [0.2, 0.25) is 5.89 Å². The number of aryl methyl sites for hydroxylation is 1. The Hall–Kier alpha value is -1.98. The lowest BCUT2D eigenvalue weighted by atomic mass is 9.96. The van der Waals surface area contributed by atoms with Gasteiger partial charge in [-0.15, -0.1) is 0 Å². The zero-order chi connectivity index (χ0) is 13.3. The molecule has 2 aromatic rings. The number of hydrogen-bond donors (Lipinski definition) is 0. The van der Waals surface area contributed by atoms with Crippen LogP contribution in [0.4, 0.5) is 0 Å². The SMILES string of the molecule is Cn1nccc1C(=O)Cc1nc(C(C)(C)C)no1. The Bertz CT molecular complexity index is 563. The molecular formula is C12H16N4O2. The summed E-state index contributed by atoms with van der Waals surface area (Å²) < 4.78 is 6.62. The molecule has 0 bridgehead atoms. The number of carbonyl (C=O) groups excluding carboxylic acids is 1. The van der Waals surface area contributed by atoms with E-state index in [1.165, 1.54) is 4.68 Å². The second-order valence-corrected chi connectivity index (χ2v) is 5.20. The van der Waals surface area contributed by atoms with Crippen LogP contribution in [0.3, 0.4) is 0 Å². The van der Waals surface area contributed by atoms with Crippen LogP contribution in [0.5, 0.6) is 0 Å². The largest absolute Gasteiger partial charge is 0.339 e. The molecule has 2 heterocycles. The molecule has 0 saturated heterocycles. The van der Waals surface area contributed by atoms with Crippen molar-refractivity contribution in [3.63, 3.8) is 0 Å². The minimum absolute atomic E-state index is 0.0842. The lowest BCUT2D eigenvalue weighted by Crippen LogP contribution is -2.14. The number of hydrogen-bond acceptors (Lipinski definition) is 5. The summed E-state index contributed by atoms with van der Waals surface area (Å²) in [6, 6.07) is 1.67. The van der Waals surface area contributed by atoms with Crippen molar-refractivity contribution >= 4 is 5.78 Å². The quantitative estimate of drug-likeness (QED) is 0.770. The number of rotatable bonds is 3. The summed E-state index contributed by atoms with van der Waals surface area (Å²) >= 11 is 0. The van der Waals surface area contributed by atoms with Crippen molar-refractivity contribution in [3.05, 3.63) is 29.7 Å². The first-order valence-corrected chi connectivity index (χ1v) is 5.72. The highest BCUT2D eigenvalue weighted by atomic mass is 16.5. The normalized spacial score (nSPS) is 11.8. The summed E-state index contributed by atoms with van der Waals surface area (Å²) in [5.74, 6) is 0.862. The van der Waals surface area contributed by atoms with E-state index in [2.05, 4.69) is 15.2 Å². The van der Waals surface area contributed by atoms with Crippen molar-refractivity contribution in [2.24, 2.45) is 7.05 Å². The molecule has 2 rings (SSSR count). The van der Waals surface area contributed by atoms with Crippen LogP contribution in [-0.4, -0.2) is 25.7 Å². The minimum Gasteiger partial charge on any atom is -0.339 e. The maximum absolute atomic E-state index is 12.0. The molecule has 0 radical (unpaired) electrons. The van der Waals surface area contributed by atoms with E-state index in [1.54, 1.807) is 19.3 Å². The van der Waals surface area contributed by atoms with E-state index in [1.807, 2.05) is 20.8 Å². The molecule has 6 nitrogen and oxygen atoms in total. The predicted octanol–water partition coefficient (Wildman–Crippen LogP) is 1.53. The van der Waals surface area contributed by atoms with Crippen LogP contribution < -0.4 is 0 Å². The Morgan fingerprint density at radius 2 is 2.17 bits per heavy atom. The van der Waals surface area contributed by atoms with Crippen LogP contribution in [0.15, 0.2) is 16.8 Å². The van der Waals surface area contributed by atoms with Gasteiger partial charge in [-0.2, -0.15) is 10.1 Å². The maximum Gasteiger partial charge on any atom is 0.234 e. The monoisotopic (exact) mass is 248 g/mol. The maximum atomic E-state index is 12.0. The Morgan fingerprint density at radius 1 is 1.44 bits per heavy atom. The molecule has 0 N–H and O–H groups in total. The molecule has 96 valence electrons. The van der Waals surface area contributed by atoms with Gasteiger partial charge in [0.25, 0.3) is 0 Å². The van der Waals surface area contributed by atoms with Crippen LogP contribution in [0.25, 0.3) is 0 Å². The third kappa shape index (κ3) is 2.47. The minimum atomic E-state index is -0.183. The summed E-state index contributed by atoms with van der Waals surface area (Å²) in [7, 11) is 1.72. The summed E-state index contributed by atoms with van der Waals surface area (Å²) in [4.78, 5) is 16.2. The van der Waals surface area contributed by atoms with Gasteiger partial charge in [0.15, 0.2) is 11.6 Å². The van der Waals surface area contributed by atoms with Crippen molar-refractivity contribution < 1.29 is 9.32 Å². The first-order chi connectivity index (χ1) is 8.38. The summed E-state index contributed by atoms with van der Waals surface area (Å²) in [5, 5.41) is 7.84. The van der Waals surface area contributed by atoms with Gasteiger partial charge in [0, 0.05) is 18.7 Å². The standard InChI is InChI=1S/C12H16N4O2/c1-12(2,3)11-14-10(18-15-11)7-9(17)8-5-6-13-16(8)4/h5-6H,7H2,1-4H3. The second-order valence-electron chi connectivity index (χ2n) is 5.20. The van der Waals surface area contributed by atoms with Crippen molar-refractivity contribution in [1.82, 2.24) is 19.9 Å². The van der Waals surface area contributed by atoms with Crippen LogP contribution in [0.2, 0.25) is 0 Å². The molecule has 6 heteroatoms. The molecule has 0 unspecified atom stereocenters. The third-order valence-electron chi connectivity index (χ3n) is 2.56. The van der Waals surface area contributed by atoms with Crippen LogP contribution in [0.1, 0.15) is 43.0 Å². The third-order valence-corrected chi connectivity index (χ3v) is 2.56. The highest BCUT2D eigenvalue weighted by Crippen LogP contribution is 2.18. The van der Waals surface area contributed by atoms with Gasteiger partial charge < -0.3 is 4.52 Å². The molecule has 0 fully saturated rings. The molecule has 2 aromatic heterocycles. The summed E-state index contributed by atoms with van der Waals surface area (Å²) in [6.07, 6.45) is 1.68. The molecule has 0 spiro atoms. The van der Waals surface area contributed by atoms with Gasteiger partial charge in [0.1, 0.15) is 5.69 Å². The van der Waals surface area contributed by atoms with E-state index in [0.29, 0.717) is 17.4 Å². The molecule has 0 atom stereocenters. The van der Waals surface area contributed by atoms with Gasteiger partial charge in [-0.1, -0.05) is 25.9 Å². The summed E-state index contributed by atoms with van der Waals surface area (Å²) in [6.45, 7) is 5.97. The van der Waals surface area contributed by atoms with Crippen LogP contribution >= 0.6 is 0 Å². The van der Waals surface area contributed by atoms with E-state index in [9.17, 15) is 4.79 Å². The number of nitrogens with zero attached hydrogens (tertiary/aromatic N) is 4. The Kier molecular flexibility index (Phi) is 3.02. The lowest BCUT2D eigenvalue weighted by Gasteiger charge is -2.10. The van der Waals surface area contributed by atoms with Crippen molar-refractivity contribution in [2.45, 2.75) is 32.6 Å². The van der Waals surface area contributed by atoms with Crippen molar-refractivity contribution in [2.75, 3.05) is 0 Å². The molecule has 0 aromatic carbocycles.